The number of hydrogen-bond acceptors (Lipinski definition) is 1. The van der Waals surface area contributed by atoms with E-state index in [1.54, 1.807) is 0 Å². The van der Waals surface area contributed by atoms with Crippen molar-refractivity contribution in [2.24, 2.45) is 5.73 Å². The molecule has 13 heavy (non-hydrogen) atoms. The molecule has 0 saturated heterocycles. The van der Waals surface area contributed by atoms with Gasteiger partial charge in [0.05, 0.1) is 0 Å². The van der Waals surface area contributed by atoms with Gasteiger partial charge in [-0.1, -0.05) is 30.7 Å². The minimum Gasteiger partial charge on any atom is -0.330 e. The maximum Gasteiger partial charge on any atom is 0.0440 e. The minimum atomic E-state index is 0.153. The largest absolute Gasteiger partial charge is 0.330 e. The molecule has 0 heterocycles. The third-order valence-corrected chi connectivity index (χ3v) is 3.50. The molecule has 70 valence electrons. The second-order valence-corrected chi connectivity index (χ2v) is 4.44. The van der Waals surface area contributed by atoms with Gasteiger partial charge < -0.3 is 5.73 Å². The molecule has 2 N–H and O–H groups in total. The van der Waals surface area contributed by atoms with Crippen LogP contribution in [0.25, 0.3) is 0 Å². The summed E-state index contributed by atoms with van der Waals surface area (Å²) in [5.74, 6) is 0. The lowest BCUT2D eigenvalue weighted by atomic mass is 9.84. The Morgan fingerprint density at radius 3 is 3.00 bits per heavy atom. The molecular weight excluding hydrogens is 182 g/mol. The van der Waals surface area contributed by atoms with Crippen LogP contribution < -0.4 is 5.73 Å². The Balaban J connectivity index is 2.55. The molecule has 2 rings (SSSR count). The number of fused-ring (bicyclic) bond motifs is 1. The van der Waals surface area contributed by atoms with Crippen LogP contribution >= 0.6 is 11.6 Å². The van der Waals surface area contributed by atoms with E-state index < -0.39 is 0 Å². The predicted octanol–water partition coefficient (Wildman–Crippen LogP) is 2.50. The number of hydrogen-bond donors (Lipinski definition) is 1. The van der Waals surface area contributed by atoms with E-state index in [2.05, 4.69) is 13.0 Å². The first-order chi connectivity index (χ1) is 6.17. The van der Waals surface area contributed by atoms with Crippen molar-refractivity contribution < 1.29 is 0 Å². The van der Waals surface area contributed by atoms with Gasteiger partial charge in [0.2, 0.25) is 0 Å². The van der Waals surface area contributed by atoms with Crippen molar-refractivity contribution in [3.05, 3.63) is 34.3 Å². The van der Waals surface area contributed by atoms with Gasteiger partial charge in [0.25, 0.3) is 0 Å². The number of nitrogens with two attached hydrogens (primary N) is 1. The van der Waals surface area contributed by atoms with Crippen molar-refractivity contribution in [1.82, 2.24) is 0 Å². The summed E-state index contributed by atoms with van der Waals surface area (Å²) in [6.07, 6.45) is 2.20. The minimum absolute atomic E-state index is 0.153. The Morgan fingerprint density at radius 1 is 1.54 bits per heavy atom. The van der Waals surface area contributed by atoms with Gasteiger partial charge in [-0.05, 0) is 30.0 Å². The van der Waals surface area contributed by atoms with Crippen LogP contribution in [0.2, 0.25) is 5.02 Å². The van der Waals surface area contributed by atoms with E-state index in [1.165, 1.54) is 11.1 Å². The SMILES string of the molecule is CC1(CN)CCc2c(Cl)cccc21. The zero-order valence-corrected chi connectivity index (χ0v) is 8.56. The van der Waals surface area contributed by atoms with Crippen molar-refractivity contribution in [1.29, 1.82) is 0 Å². The molecule has 0 amide bonds. The molecule has 2 heteroatoms. The number of benzene rings is 1. The average molecular weight is 196 g/mol. The van der Waals surface area contributed by atoms with Crippen LogP contribution in [0.4, 0.5) is 0 Å². The first-order valence-corrected chi connectivity index (χ1v) is 5.03. The molecule has 0 aliphatic heterocycles. The normalized spacial score (nSPS) is 26.1. The van der Waals surface area contributed by atoms with Gasteiger partial charge in [-0.3, -0.25) is 0 Å². The third kappa shape index (κ3) is 1.27. The van der Waals surface area contributed by atoms with Crippen LogP contribution in [0, 0.1) is 0 Å². The molecule has 1 atom stereocenters. The first-order valence-electron chi connectivity index (χ1n) is 4.65. The van der Waals surface area contributed by atoms with E-state index in [9.17, 15) is 0 Å². The topological polar surface area (TPSA) is 26.0 Å². The molecule has 0 bridgehead atoms. The van der Waals surface area contributed by atoms with Crippen LogP contribution in [0.5, 0.6) is 0 Å². The van der Waals surface area contributed by atoms with Crippen LogP contribution in [0.1, 0.15) is 24.5 Å². The molecule has 1 unspecified atom stereocenters. The highest BCUT2D eigenvalue weighted by Crippen LogP contribution is 2.40. The molecule has 0 spiro atoms. The van der Waals surface area contributed by atoms with Gasteiger partial charge in [-0.25, -0.2) is 0 Å². The maximum atomic E-state index is 6.11. The summed E-state index contributed by atoms with van der Waals surface area (Å²) >= 11 is 6.11. The van der Waals surface area contributed by atoms with Gasteiger partial charge in [-0.15, -0.1) is 0 Å². The van der Waals surface area contributed by atoms with Gasteiger partial charge in [0, 0.05) is 17.0 Å². The van der Waals surface area contributed by atoms with Crippen molar-refractivity contribution in [2.45, 2.75) is 25.2 Å². The summed E-state index contributed by atoms with van der Waals surface area (Å²) in [6.45, 7) is 2.93. The lowest BCUT2D eigenvalue weighted by Crippen LogP contribution is -2.28. The highest BCUT2D eigenvalue weighted by Gasteiger charge is 2.33. The standard InChI is InChI=1S/C11H14ClN/c1-11(7-13)6-5-8-9(11)3-2-4-10(8)12/h2-4H,5-7,13H2,1H3. The summed E-state index contributed by atoms with van der Waals surface area (Å²) in [6, 6.07) is 6.13. The van der Waals surface area contributed by atoms with Gasteiger partial charge >= 0.3 is 0 Å². The zero-order valence-electron chi connectivity index (χ0n) is 7.81. The van der Waals surface area contributed by atoms with Crippen LogP contribution in [-0.2, 0) is 11.8 Å². The van der Waals surface area contributed by atoms with Crippen LogP contribution in [0.3, 0.4) is 0 Å². The first kappa shape index (κ1) is 9.04. The van der Waals surface area contributed by atoms with Crippen molar-refractivity contribution in [3.63, 3.8) is 0 Å². The predicted molar refractivity (Wildman–Crippen MR) is 56.2 cm³/mol. The van der Waals surface area contributed by atoms with Crippen molar-refractivity contribution >= 4 is 11.6 Å². The fourth-order valence-corrected chi connectivity index (χ4v) is 2.39. The highest BCUT2D eigenvalue weighted by atomic mass is 35.5. The third-order valence-electron chi connectivity index (χ3n) is 3.15. The molecular formula is C11H14ClN. The Hall–Kier alpha value is -0.530. The summed E-state index contributed by atoms with van der Waals surface area (Å²) in [5.41, 5.74) is 8.60. The number of halogens is 1. The molecule has 0 aromatic heterocycles. The van der Waals surface area contributed by atoms with E-state index >= 15 is 0 Å². The number of rotatable bonds is 1. The zero-order chi connectivity index (χ0) is 9.47. The van der Waals surface area contributed by atoms with Gasteiger partial charge in [0.1, 0.15) is 0 Å². The fourth-order valence-electron chi connectivity index (χ4n) is 2.13. The summed E-state index contributed by atoms with van der Waals surface area (Å²) in [4.78, 5) is 0. The molecule has 1 aromatic carbocycles. The molecule has 1 aliphatic rings. The second kappa shape index (κ2) is 3.00. The smallest absolute Gasteiger partial charge is 0.0440 e. The molecule has 0 radical (unpaired) electrons. The molecule has 0 saturated carbocycles. The Morgan fingerprint density at radius 2 is 2.31 bits per heavy atom. The van der Waals surface area contributed by atoms with Crippen molar-refractivity contribution in [3.8, 4) is 0 Å². The van der Waals surface area contributed by atoms with E-state index in [0.717, 1.165) is 17.9 Å². The molecule has 1 nitrogen and oxygen atoms in total. The molecule has 0 fully saturated rings. The van der Waals surface area contributed by atoms with Crippen LogP contribution in [-0.4, -0.2) is 6.54 Å². The van der Waals surface area contributed by atoms with E-state index in [1.807, 2.05) is 12.1 Å². The van der Waals surface area contributed by atoms with Crippen LogP contribution in [0.15, 0.2) is 18.2 Å². The lowest BCUT2D eigenvalue weighted by molar-refractivity contribution is 0.482. The molecule has 1 aromatic rings. The van der Waals surface area contributed by atoms with E-state index in [-0.39, 0.29) is 5.41 Å². The Bertz CT molecular complexity index is 335. The quantitative estimate of drug-likeness (QED) is 0.732. The van der Waals surface area contributed by atoms with E-state index in [4.69, 9.17) is 17.3 Å². The summed E-state index contributed by atoms with van der Waals surface area (Å²) in [7, 11) is 0. The average Bonchev–Trinajstić information content (AvgIpc) is 2.47. The monoisotopic (exact) mass is 195 g/mol. The van der Waals surface area contributed by atoms with Gasteiger partial charge in [-0.2, -0.15) is 0 Å². The van der Waals surface area contributed by atoms with E-state index in [0.29, 0.717) is 6.54 Å². The molecule has 1 aliphatic carbocycles. The summed E-state index contributed by atoms with van der Waals surface area (Å²) in [5, 5.41) is 0.898. The maximum absolute atomic E-state index is 6.11. The Labute approximate surface area is 83.9 Å². The fraction of sp³-hybridized carbons (Fsp3) is 0.455. The Kier molecular flexibility index (Phi) is 2.09. The second-order valence-electron chi connectivity index (χ2n) is 4.03. The lowest BCUT2D eigenvalue weighted by Gasteiger charge is -2.22. The highest BCUT2D eigenvalue weighted by molar-refractivity contribution is 6.31. The van der Waals surface area contributed by atoms with Gasteiger partial charge in [0.15, 0.2) is 0 Å². The van der Waals surface area contributed by atoms with Crippen molar-refractivity contribution in [2.75, 3.05) is 6.54 Å². The summed E-state index contributed by atoms with van der Waals surface area (Å²) < 4.78 is 0.